The molecule has 0 saturated heterocycles. The van der Waals surface area contributed by atoms with E-state index in [1.807, 2.05) is 31.2 Å². The number of sulfonamides is 1. The number of hydrogen-bond acceptors (Lipinski definition) is 3. The van der Waals surface area contributed by atoms with Gasteiger partial charge >= 0.3 is 0 Å². The lowest BCUT2D eigenvalue weighted by Gasteiger charge is -2.11. The summed E-state index contributed by atoms with van der Waals surface area (Å²) in [6.45, 7) is 1.97. The van der Waals surface area contributed by atoms with Crippen molar-refractivity contribution in [3.8, 4) is 11.3 Å². The van der Waals surface area contributed by atoms with E-state index in [0.29, 0.717) is 10.7 Å². The van der Waals surface area contributed by atoms with Crippen LogP contribution in [0.1, 0.15) is 5.56 Å². The number of aromatic nitrogens is 2. The lowest BCUT2D eigenvalue weighted by molar-refractivity contribution is 0.592. The topological polar surface area (TPSA) is 64.0 Å². The quantitative estimate of drug-likeness (QED) is 0.786. The number of nitrogens with zero attached hydrogens (tertiary/aromatic N) is 2. The van der Waals surface area contributed by atoms with Crippen LogP contribution >= 0.6 is 11.6 Å². The molecule has 23 heavy (non-hydrogen) atoms. The molecule has 0 unspecified atom stereocenters. The van der Waals surface area contributed by atoms with E-state index < -0.39 is 10.0 Å². The smallest absolute Gasteiger partial charge is 0.200 e. The first-order chi connectivity index (χ1) is 11.0. The maximum absolute atomic E-state index is 12.4. The highest BCUT2D eigenvalue weighted by Gasteiger charge is 2.18. The first-order valence-electron chi connectivity index (χ1n) is 6.86. The third-order valence-electron chi connectivity index (χ3n) is 3.31. The second-order valence-electron chi connectivity index (χ2n) is 5.03. The van der Waals surface area contributed by atoms with Gasteiger partial charge in [-0.1, -0.05) is 59.6 Å². The van der Waals surface area contributed by atoms with E-state index in [4.69, 9.17) is 11.6 Å². The molecule has 3 rings (SSSR count). The van der Waals surface area contributed by atoms with Gasteiger partial charge in [-0.05, 0) is 19.1 Å². The van der Waals surface area contributed by atoms with Gasteiger partial charge < -0.3 is 0 Å². The number of aryl methyl sites for hydroxylation is 1. The number of nitrogens with one attached hydrogen (secondary N) is 1. The Kier molecular flexibility index (Phi) is 4.11. The summed E-state index contributed by atoms with van der Waals surface area (Å²) in [4.78, 5) is 3.76. The molecule has 0 saturated carbocycles. The molecule has 0 amide bonds. The van der Waals surface area contributed by atoms with Crippen LogP contribution < -0.4 is 4.83 Å². The number of hydrogen-bond donors (Lipinski definition) is 1. The van der Waals surface area contributed by atoms with Gasteiger partial charge in [-0.15, -0.1) is 0 Å². The Morgan fingerprint density at radius 1 is 1.04 bits per heavy atom. The van der Waals surface area contributed by atoms with Gasteiger partial charge in [0.1, 0.15) is 5.69 Å². The van der Waals surface area contributed by atoms with Gasteiger partial charge in [0.05, 0.1) is 16.1 Å². The van der Waals surface area contributed by atoms with Gasteiger partial charge in [0.25, 0.3) is 10.0 Å². The molecule has 0 aliphatic heterocycles. The molecule has 5 nitrogen and oxygen atoms in total. The highest BCUT2D eigenvalue weighted by molar-refractivity contribution is 7.92. The third-order valence-corrected chi connectivity index (χ3v) is 4.89. The van der Waals surface area contributed by atoms with Crippen LogP contribution in [0.5, 0.6) is 0 Å². The minimum Gasteiger partial charge on any atom is -0.200 e. The fraction of sp³-hybridized carbons (Fsp3) is 0.0625. The van der Waals surface area contributed by atoms with E-state index in [2.05, 4.69) is 9.93 Å². The maximum atomic E-state index is 12.4. The predicted molar refractivity (Wildman–Crippen MR) is 90.4 cm³/mol. The fourth-order valence-corrected chi connectivity index (χ4v) is 3.36. The largest absolute Gasteiger partial charge is 0.276 e. The average Bonchev–Trinajstić information content (AvgIpc) is 2.89. The molecule has 0 bridgehead atoms. The highest BCUT2D eigenvalue weighted by atomic mass is 35.5. The minimum absolute atomic E-state index is 0.154. The SMILES string of the molecule is Cc1ccc(-c2c(Cl)cnn2NS(=O)(=O)c2ccccc2)cc1. The molecule has 0 atom stereocenters. The first-order valence-corrected chi connectivity index (χ1v) is 8.72. The van der Waals surface area contributed by atoms with Crippen LogP contribution in [0.2, 0.25) is 5.02 Å². The lowest BCUT2D eigenvalue weighted by atomic mass is 10.1. The van der Waals surface area contributed by atoms with Crippen molar-refractivity contribution in [2.24, 2.45) is 0 Å². The normalized spacial score (nSPS) is 11.4. The van der Waals surface area contributed by atoms with Crippen molar-refractivity contribution >= 4 is 21.6 Å². The highest BCUT2D eigenvalue weighted by Crippen LogP contribution is 2.27. The van der Waals surface area contributed by atoms with Crippen molar-refractivity contribution in [3.63, 3.8) is 0 Å². The van der Waals surface area contributed by atoms with Gasteiger partial charge in [-0.3, -0.25) is 0 Å². The standard InChI is InChI=1S/C16H14ClN3O2S/c1-12-7-9-13(10-8-12)16-15(17)11-18-20(16)19-23(21,22)14-5-3-2-4-6-14/h2-11,19H,1H3. The molecule has 0 aliphatic carbocycles. The minimum atomic E-state index is -3.75. The molecule has 1 heterocycles. The zero-order chi connectivity index (χ0) is 16.4. The van der Waals surface area contributed by atoms with Gasteiger partial charge in [0.15, 0.2) is 0 Å². The molecule has 0 spiro atoms. The van der Waals surface area contributed by atoms with E-state index >= 15 is 0 Å². The average molecular weight is 348 g/mol. The third kappa shape index (κ3) is 3.23. The molecule has 0 aliphatic rings. The summed E-state index contributed by atoms with van der Waals surface area (Å²) < 4.78 is 24.9. The van der Waals surface area contributed by atoms with E-state index in [9.17, 15) is 8.42 Å². The van der Waals surface area contributed by atoms with Crippen molar-refractivity contribution < 1.29 is 8.42 Å². The van der Waals surface area contributed by atoms with Crippen molar-refractivity contribution in [2.75, 3.05) is 4.83 Å². The fourth-order valence-electron chi connectivity index (χ4n) is 2.14. The van der Waals surface area contributed by atoms with Crippen molar-refractivity contribution in [1.82, 2.24) is 9.89 Å². The van der Waals surface area contributed by atoms with Gasteiger partial charge in [0, 0.05) is 5.56 Å². The Labute approximate surface area is 139 Å². The Hall–Kier alpha value is -2.31. The molecule has 2 aromatic carbocycles. The van der Waals surface area contributed by atoms with Gasteiger partial charge in [0.2, 0.25) is 0 Å². The molecule has 0 radical (unpaired) electrons. The summed E-state index contributed by atoms with van der Waals surface area (Å²) in [6.07, 6.45) is 1.41. The van der Waals surface area contributed by atoms with Gasteiger partial charge in [-0.25, -0.2) is 0 Å². The molecule has 0 fully saturated rings. The molecule has 7 heteroatoms. The number of benzene rings is 2. The Bertz CT molecular complexity index is 920. The van der Waals surface area contributed by atoms with Crippen molar-refractivity contribution in [2.45, 2.75) is 11.8 Å². The zero-order valence-electron chi connectivity index (χ0n) is 12.3. The van der Waals surface area contributed by atoms with E-state index in [-0.39, 0.29) is 4.90 Å². The summed E-state index contributed by atoms with van der Waals surface area (Å²) >= 11 is 6.18. The molecule has 118 valence electrons. The van der Waals surface area contributed by atoms with Gasteiger partial charge in [-0.2, -0.15) is 23.1 Å². The number of halogens is 1. The monoisotopic (exact) mass is 347 g/mol. The predicted octanol–water partition coefficient (Wildman–Crippen LogP) is 3.44. The van der Waals surface area contributed by atoms with Crippen molar-refractivity contribution in [1.29, 1.82) is 0 Å². The van der Waals surface area contributed by atoms with Crippen LogP contribution in [0.25, 0.3) is 11.3 Å². The Morgan fingerprint density at radius 3 is 2.35 bits per heavy atom. The summed E-state index contributed by atoms with van der Waals surface area (Å²) in [5.74, 6) is 0. The van der Waals surface area contributed by atoms with Crippen LogP contribution in [-0.2, 0) is 10.0 Å². The lowest BCUT2D eigenvalue weighted by Crippen LogP contribution is -2.25. The molecule has 1 aromatic heterocycles. The van der Waals surface area contributed by atoms with Crippen LogP contribution in [0.3, 0.4) is 0 Å². The van der Waals surface area contributed by atoms with Crippen molar-refractivity contribution in [3.05, 3.63) is 71.4 Å². The molecular formula is C16H14ClN3O2S. The van der Waals surface area contributed by atoms with E-state index in [0.717, 1.165) is 11.1 Å². The Balaban J connectivity index is 2.01. The van der Waals surface area contributed by atoms with E-state index in [1.165, 1.54) is 23.1 Å². The maximum Gasteiger partial charge on any atom is 0.276 e. The van der Waals surface area contributed by atoms with Crippen LogP contribution in [0.15, 0.2) is 65.7 Å². The molecule has 3 aromatic rings. The van der Waals surface area contributed by atoms with E-state index in [1.54, 1.807) is 18.2 Å². The molecule has 1 N–H and O–H groups in total. The second kappa shape index (κ2) is 6.06. The second-order valence-corrected chi connectivity index (χ2v) is 7.09. The van der Waals surface area contributed by atoms with Crippen LogP contribution in [0.4, 0.5) is 0 Å². The summed E-state index contributed by atoms with van der Waals surface area (Å²) in [5.41, 5.74) is 2.36. The Morgan fingerprint density at radius 2 is 1.70 bits per heavy atom. The summed E-state index contributed by atoms with van der Waals surface area (Å²) in [7, 11) is -3.75. The first kappa shape index (κ1) is 15.6. The number of rotatable bonds is 4. The zero-order valence-corrected chi connectivity index (χ0v) is 13.8. The summed E-state index contributed by atoms with van der Waals surface area (Å²) in [5, 5.41) is 4.39. The summed E-state index contributed by atoms with van der Waals surface area (Å²) in [6, 6.07) is 15.7. The molecular weight excluding hydrogens is 334 g/mol. The van der Waals surface area contributed by atoms with Crippen LogP contribution in [0, 0.1) is 6.92 Å². The van der Waals surface area contributed by atoms with Crippen LogP contribution in [-0.4, -0.2) is 18.3 Å².